The summed E-state index contributed by atoms with van der Waals surface area (Å²) in [4.78, 5) is 48.2. The molecule has 1 fully saturated rings. The van der Waals surface area contributed by atoms with E-state index < -0.39 is 28.4 Å². The monoisotopic (exact) mass is 558 g/mol. The highest BCUT2D eigenvalue weighted by Crippen LogP contribution is 2.50. The first-order valence-electron chi connectivity index (χ1n) is 12.1. The van der Waals surface area contributed by atoms with E-state index in [1.807, 2.05) is 32.1 Å². The molecule has 1 saturated heterocycles. The SMILES string of the molecule is C=C/C=C\C=C/CCC1=C(CC)N2C(=O)[C@@H](NC(=O)/C(=N\OC(C)(C)C(=O)[O-])c3csc(N)n3)C2(C)SC1. The Morgan fingerprint density at radius 3 is 2.76 bits per heavy atom. The number of oxime groups is 1. The number of nitrogen functional groups attached to an aromatic ring is 1. The lowest BCUT2D eigenvalue weighted by molar-refractivity contribution is -0.325. The maximum atomic E-state index is 13.3. The van der Waals surface area contributed by atoms with Gasteiger partial charge in [-0.1, -0.05) is 49.0 Å². The number of anilines is 1. The van der Waals surface area contributed by atoms with Crippen LogP contribution in [0.25, 0.3) is 0 Å². The van der Waals surface area contributed by atoms with Gasteiger partial charge in [0.25, 0.3) is 11.8 Å². The molecular formula is C26H32N5O5S2-. The Kier molecular flexibility index (Phi) is 9.21. The van der Waals surface area contributed by atoms with Crippen LogP contribution < -0.4 is 16.2 Å². The predicted octanol–water partition coefficient (Wildman–Crippen LogP) is 2.51. The lowest BCUT2D eigenvalue weighted by Gasteiger charge is -2.58. The van der Waals surface area contributed by atoms with E-state index in [9.17, 15) is 19.5 Å². The second-order valence-corrected chi connectivity index (χ2v) is 11.6. The Morgan fingerprint density at radius 2 is 2.16 bits per heavy atom. The molecule has 0 bridgehead atoms. The number of fused-ring (bicyclic) bond motifs is 1. The fourth-order valence-corrected chi connectivity index (χ4v) is 6.04. The molecule has 2 atom stereocenters. The average molecular weight is 559 g/mol. The third-order valence-electron chi connectivity index (χ3n) is 6.22. The van der Waals surface area contributed by atoms with Crippen LogP contribution in [-0.4, -0.2) is 55.6 Å². The van der Waals surface area contributed by atoms with Gasteiger partial charge >= 0.3 is 0 Å². The van der Waals surface area contributed by atoms with Crippen LogP contribution in [0.3, 0.4) is 0 Å². The number of thiazole rings is 1. The molecular weight excluding hydrogens is 526 g/mol. The van der Waals surface area contributed by atoms with Gasteiger partial charge in [0.15, 0.2) is 16.4 Å². The van der Waals surface area contributed by atoms with Crippen LogP contribution in [0.15, 0.2) is 58.8 Å². The van der Waals surface area contributed by atoms with Crippen LogP contribution in [0.2, 0.25) is 0 Å². The van der Waals surface area contributed by atoms with E-state index >= 15 is 0 Å². The number of nitrogens with zero attached hydrogens (tertiary/aromatic N) is 3. The van der Waals surface area contributed by atoms with Crippen LogP contribution in [0.1, 0.15) is 52.7 Å². The number of hydrogen-bond acceptors (Lipinski definition) is 10. The van der Waals surface area contributed by atoms with E-state index in [1.54, 1.807) is 22.7 Å². The zero-order valence-electron chi connectivity index (χ0n) is 21.9. The first-order chi connectivity index (χ1) is 18.0. The Bertz CT molecular complexity index is 1230. The number of β-lactam (4-membered cyclic amide) rings is 1. The molecule has 1 aromatic heterocycles. The van der Waals surface area contributed by atoms with Crippen molar-refractivity contribution < 1.29 is 24.3 Å². The fraction of sp³-hybridized carbons (Fsp3) is 0.423. The number of aliphatic carboxylic acids is 1. The lowest BCUT2D eigenvalue weighted by atomic mass is 9.91. The molecule has 3 heterocycles. The van der Waals surface area contributed by atoms with Gasteiger partial charge in [0.05, 0.1) is 5.97 Å². The molecule has 12 heteroatoms. The molecule has 2 aliphatic heterocycles. The normalized spacial score (nSPS) is 22.0. The van der Waals surface area contributed by atoms with Gasteiger partial charge in [0.1, 0.15) is 16.6 Å². The molecule has 2 amide bonds. The van der Waals surface area contributed by atoms with Crippen molar-refractivity contribution in [1.82, 2.24) is 15.2 Å². The minimum Gasteiger partial charge on any atom is -0.546 e. The van der Waals surface area contributed by atoms with E-state index in [1.165, 1.54) is 24.8 Å². The number of nitrogens with one attached hydrogen (secondary N) is 1. The minimum absolute atomic E-state index is 0.108. The number of carboxylic acids is 1. The highest BCUT2D eigenvalue weighted by molar-refractivity contribution is 8.01. The fourth-order valence-electron chi connectivity index (χ4n) is 4.06. The quantitative estimate of drug-likeness (QED) is 0.172. The number of nitrogens with two attached hydrogens (primary N) is 1. The summed E-state index contributed by atoms with van der Waals surface area (Å²) < 4.78 is 0. The van der Waals surface area contributed by atoms with E-state index in [4.69, 9.17) is 10.6 Å². The molecule has 0 aliphatic carbocycles. The smallest absolute Gasteiger partial charge is 0.276 e. The number of aromatic nitrogens is 1. The first kappa shape index (κ1) is 29.2. The summed E-state index contributed by atoms with van der Waals surface area (Å²) in [5, 5.41) is 19.6. The van der Waals surface area contributed by atoms with Gasteiger partial charge in [-0.25, -0.2) is 4.98 Å². The van der Waals surface area contributed by atoms with Crippen molar-refractivity contribution in [3.05, 3.63) is 59.3 Å². The van der Waals surface area contributed by atoms with E-state index in [2.05, 4.69) is 28.1 Å². The van der Waals surface area contributed by atoms with Gasteiger partial charge in [-0.3, -0.25) is 14.5 Å². The van der Waals surface area contributed by atoms with Crippen LogP contribution in [0.4, 0.5) is 5.13 Å². The van der Waals surface area contributed by atoms with Crippen molar-refractivity contribution in [2.75, 3.05) is 11.5 Å². The molecule has 0 aromatic carbocycles. The molecule has 2 aliphatic rings. The number of allylic oxidation sites excluding steroid dienone is 6. The maximum Gasteiger partial charge on any atom is 0.276 e. The van der Waals surface area contributed by atoms with Crippen LogP contribution in [0.5, 0.6) is 0 Å². The Morgan fingerprint density at radius 1 is 1.42 bits per heavy atom. The number of thioether (sulfide) groups is 1. The number of carbonyl (C=O) groups is 3. The molecule has 0 saturated carbocycles. The summed E-state index contributed by atoms with van der Waals surface area (Å²) >= 11 is 2.68. The number of hydrogen-bond donors (Lipinski definition) is 2. The van der Waals surface area contributed by atoms with Gasteiger partial charge in [-0.05, 0) is 45.6 Å². The predicted molar refractivity (Wildman–Crippen MR) is 148 cm³/mol. The molecule has 1 unspecified atom stereocenters. The molecule has 38 heavy (non-hydrogen) atoms. The summed E-state index contributed by atoms with van der Waals surface area (Å²) in [5.74, 6) is -1.72. The van der Waals surface area contributed by atoms with Gasteiger partial charge in [-0.15, -0.1) is 23.1 Å². The first-order valence-corrected chi connectivity index (χ1v) is 14.0. The molecule has 0 spiro atoms. The van der Waals surface area contributed by atoms with E-state index in [-0.39, 0.29) is 22.4 Å². The standard InChI is InChI=1S/C26H33N5O5S2/c1-6-8-9-10-11-12-13-16-14-38-26(5)20(22(33)31(26)18(16)7-2)29-21(32)19(17-15-37-24(27)28-17)30-36-25(3,4)23(34)35/h6,8-11,15,20H,1,7,12-14H2,2-5H3,(H2,27,28)(H,29,32)(H,34,35)/p-1/b9-8-,11-10-,30-19-/t20-,26?/m1/s1. The van der Waals surface area contributed by atoms with E-state index in [0.29, 0.717) is 6.42 Å². The maximum absolute atomic E-state index is 13.3. The van der Waals surface area contributed by atoms with Crippen molar-refractivity contribution in [3.63, 3.8) is 0 Å². The van der Waals surface area contributed by atoms with Crippen LogP contribution >= 0.6 is 23.1 Å². The second-order valence-electron chi connectivity index (χ2n) is 9.31. The summed E-state index contributed by atoms with van der Waals surface area (Å²) in [5.41, 5.74) is 5.94. The van der Waals surface area contributed by atoms with Crippen LogP contribution in [0, 0.1) is 0 Å². The van der Waals surface area contributed by atoms with Crippen molar-refractivity contribution in [2.24, 2.45) is 5.16 Å². The zero-order chi connectivity index (χ0) is 28.1. The summed E-state index contributed by atoms with van der Waals surface area (Å²) in [6.07, 6.45) is 11.9. The molecule has 3 N–H and O–H groups in total. The van der Waals surface area contributed by atoms with Crippen LogP contribution in [-0.2, 0) is 19.2 Å². The largest absolute Gasteiger partial charge is 0.546 e. The number of carboxylic acid groups (broad SMARTS) is 1. The molecule has 3 rings (SSSR count). The summed E-state index contributed by atoms with van der Waals surface area (Å²) in [6.45, 7) is 10.1. The van der Waals surface area contributed by atoms with Gasteiger partial charge in [0, 0.05) is 16.8 Å². The Balaban J connectivity index is 1.79. The zero-order valence-corrected chi connectivity index (χ0v) is 23.5. The Labute approximate surface area is 230 Å². The molecule has 204 valence electrons. The van der Waals surface area contributed by atoms with Crippen molar-refractivity contribution in [3.8, 4) is 0 Å². The summed E-state index contributed by atoms with van der Waals surface area (Å²) in [7, 11) is 0. The van der Waals surface area contributed by atoms with E-state index in [0.717, 1.165) is 35.6 Å². The third kappa shape index (κ3) is 6.02. The van der Waals surface area contributed by atoms with Crippen molar-refractivity contribution in [1.29, 1.82) is 0 Å². The second kappa shape index (κ2) is 12.0. The highest BCUT2D eigenvalue weighted by Gasteiger charge is 2.61. The number of carbonyl (C=O) groups excluding carboxylic acids is 3. The van der Waals surface area contributed by atoms with Gasteiger partial charge in [0.2, 0.25) is 0 Å². The number of amides is 2. The third-order valence-corrected chi connectivity index (χ3v) is 8.39. The van der Waals surface area contributed by atoms with Gasteiger partial charge < -0.3 is 25.8 Å². The van der Waals surface area contributed by atoms with Crippen molar-refractivity contribution >= 4 is 51.7 Å². The average Bonchev–Trinajstić information content (AvgIpc) is 3.30. The van der Waals surface area contributed by atoms with Crippen molar-refractivity contribution in [2.45, 2.75) is 63.5 Å². The molecule has 10 nitrogen and oxygen atoms in total. The summed E-state index contributed by atoms with van der Waals surface area (Å²) in [6, 6.07) is -0.817. The lowest BCUT2D eigenvalue weighted by Crippen LogP contribution is -2.77. The van der Waals surface area contributed by atoms with Gasteiger partial charge in [-0.2, -0.15) is 0 Å². The minimum atomic E-state index is -1.80. The topological polar surface area (TPSA) is 150 Å². The number of rotatable bonds is 12. The molecule has 1 aromatic rings. The molecule has 0 radical (unpaired) electrons. The Hall–Kier alpha value is -3.38. The highest BCUT2D eigenvalue weighted by atomic mass is 32.2.